The first-order valence-electron chi connectivity index (χ1n) is 2.30. The van der Waals surface area contributed by atoms with Gasteiger partial charge in [0.15, 0.2) is 0 Å². The minimum atomic E-state index is -0.829. The first kappa shape index (κ1) is 10.7. The highest BCUT2D eigenvalue weighted by atomic mass is 16.4. The maximum atomic E-state index is 9.53. The lowest BCUT2D eigenvalue weighted by Crippen LogP contribution is -1.88. The summed E-state index contributed by atoms with van der Waals surface area (Å²) in [5, 5.41) is 7.84. The molecule has 0 unspecified atom stereocenters. The van der Waals surface area contributed by atoms with Crippen molar-refractivity contribution in [1.29, 1.82) is 0 Å². The van der Waals surface area contributed by atoms with E-state index in [1.807, 2.05) is 0 Å². The van der Waals surface area contributed by atoms with Gasteiger partial charge < -0.3 is 5.11 Å². The standard InChI is InChI=1S/C4H6O2.C3H4/c1-2-3-4(5)6;1-3-2/h2H,1,3H2,(H,5,6);1-2H2. The molecule has 0 amide bonds. The zero-order valence-corrected chi connectivity index (χ0v) is 5.26. The molecule has 0 fully saturated rings. The molecule has 0 rings (SSSR count). The largest absolute Gasteiger partial charge is 0.481 e. The number of carboxylic acids is 1. The van der Waals surface area contributed by atoms with Crippen molar-refractivity contribution >= 4 is 5.97 Å². The van der Waals surface area contributed by atoms with Gasteiger partial charge in [-0.3, -0.25) is 4.79 Å². The fourth-order valence-corrected chi connectivity index (χ4v) is 0.123. The first-order chi connectivity index (χ1) is 4.18. The van der Waals surface area contributed by atoms with Gasteiger partial charge in [0.2, 0.25) is 0 Å². The summed E-state index contributed by atoms with van der Waals surface area (Å²) >= 11 is 0. The summed E-state index contributed by atoms with van der Waals surface area (Å²) in [6, 6.07) is 0. The van der Waals surface area contributed by atoms with Crippen molar-refractivity contribution in [3.8, 4) is 0 Å². The van der Waals surface area contributed by atoms with Crippen LogP contribution in [0.1, 0.15) is 6.42 Å². The Kier molecular flexibility index (Phi) is 11.7. The van der Waals surface area contributed by atoms with Crippen LogP contribution in [-0.2, 0) is 4.79 Å². The van der Waals surface area contributed by atoms with Gasteiger partial charge in [0.25, 0.3) is 0 Å². The van der Waals surface area contributed by atoms with Crippen LogP contribution < -0.4 is 0 Å². The lowest BCUT2D eigenvalue weighted by molar-refractivity contribution is -0.135. The highest BCUT2D eigenvalue weighted by Crippen LogP contribution is 1.74. The van der Waals surface area contributed by atoms with Gasteiger partial charge in [-0.2, -0.15) is 0 Å². The number of carboxylic acid groups (broad SMARTS) is 1. The molecule has 0 saturated heterocycles. The summed E-state index contributed by atoms with van der Waals surface area (Å²) in [6.45, 7) is 9.47. The second-order valence-electron chi connectivity index (χ2n) is 1.14. The monoisotopic (exact) mass is 126 g/mol. The third-order valence-corrected chi connectivity index (χ3v) is 0.319. The van der Waals surface area contributed by atoms with E-state index in [2.05, 4.69) is 25.5 Å². The molecule has 0 heterocycles. The lowest BCUT2D eigenvalue weighted by Gasteiger charge is -1.75. The Morgan fingerprint density at radius 2 is 2.00 bits per heavy atom. The van der Waals surface area contributed by atoms with E-state index in [0.717, 1.165) is 0 Å². The Balaban J connectivity index is 0. The molecule has 0 aromatic heterocycles. The second-order valence-corrected chi connectivity index (χ2v) is 1.14. The molecular weight excluding hydrogens is 116 g/mol. The molecule has 0 radical (unpaired) electrons. The van der Waals surface area contributed by atoms with Crippen LogP contribution in [0.15, 0.2) is 31.5 Å². The summed E-state index contributed by atoms with van der Waals surface area (Å²) in [4.78, 5) is 9.53. The number of carbonyl (C=O) groups is 1. The average Bonchev–Trinajstić information content (AvgIpc) is 1.67. The van der Waals surface area contributed by atoms with Crippen molar-refractivity contribution in [2.45, 2.75) is 6.42 Å². The topological polar surface area (TPSA) is 37.3 Å². The number of hydrogen-bond acceptors (Lipinski definition) is 1. The van der Waals surface area contributed by atoms with Crippen molar-refractivity contribution in [2.24, 2.45) is 0 Å². The van der Waals surface area contributed by atoms with Gasteiger partial charge in [-0.15, -0.1) is 12.3 Å². The minimum absolute atomic E-state index is 0.0556. The summed E-state index contributed by atoms with van der Waals surface area (Å²) in [5.41, 5.74) is 2.25. The molecule has 1 N–H and O–H groups in total. The molecule has 0 aromatic rings. The molecule has 0 aromatic carbocycles. The highest BCUT2D eigenvalue weighted by Gasteiger charge is 1.84. The molecule has 0 bridgehead atoms. The van der Waals surface area contributed by atoms with Gasteiger partial charge in [-0.1, -0.05) is 19.2 Å². The van der Waals surface area contributed by atoms with Crippen molar-refractivity contribution in [1.82, 2.24) is 0 Å². The molecule has 0 spiro atoms. The van der Waals surface area contributed by atoms with Crippen LogP contribution in [0.25, 0.3) is 0 Å². The summed E-state index contributed by atoms with van der Waals surface area (Å²) in [6.07, 6.45) is 1.41. The van der Waals surface area contributed by atoms with Gasteiger partial charge in [-0.05, 0) is 0 Å². The van der Waals surface area contributed by atoms with Crippen LogP contribution in [0, 0.1) is 0 Å². The van der Waals surface area contributed by atoms with Crippen LogP contribution >= 0.6 is 0 Å². The fraction of sp³-hybridized carbons (Fsp3) is 0.143. The molecule has 0 aliphatic carbocycles. The van der Waals surface area contributed by atoms with Crippen molar-refractivity contribution < 1.29 is 9.90 Å². The third-order valence-electron chi connectivity index (χ3n) is 0.319. The number of rotatable bonds is 2. The van der Waals surface area contributed by atoms with Gasteiger partial charge in [-0.25, -0.2) is 0 Å². The fourth-order valence-electron chi connectivity index (χ4n) is 0.123. The van der Waals surface area contributed by atoms with Crippen molar-refractivity contribution in [3.05, 3.63) is 31.5 Å². The highest BCUT2D eigenvalue weighted by molar-refractivity contribution is 5.68. The molecule has 9 heavy (non-hydrogen) atoms. The van der Waals surface area contributed by atoms with Gasteiger partial charge in [0.05, 0.1) is 6.42 Å². The SMILES string of the molecule is C=C=C.C=CCC(=O)O. The zero-order valence-electron chi connectivity index (χ0n) is 5.26. The number of hydrogen-bond donors (Lipinski definition) is 1. The van der Waals surface area contributed by atoms with E-state index in [9.17, 15) is 4.79 Å². The molecule has 0 atom stereocenters. The molecule has 0 aliphatic heterocycles. The Hall–Kier alpha value is -1.27. The molecular formula is C7H10O2. The average molecular weight is 126 g/mol. The van der Waals surface area contributed by atoms with E-state index < -0.39 is 5.97 Å². The molecule has 0 saturated carbocycles. The quantitative estimate of drug-likeness (QED) is 0.450. The molecule has 50 valence electrons. The van der Waals surface area contributed by atoms with Crippen LogP contribution in [0.2, 0.25) is 0 Å². The third kappa shape index (κ3) is 50.3. The smallest absolute Gasteiger partial charge is 0.307 e. The predicted octanol–water partition coefficient (Wildman–Crippen LogP) is 1.60. The molecule has 2 nitrogen and oxygen atoms in total. The maximum absolute atomic E-state index is 9.53. The first-order valence-corrected chi connectivity index (χ1v) is 2.30. The predicted molar refractivity (Wildman–Crippen MR) is 37.2 cm³/mol. The summed E-state index contributed by atoms with van der Waals surface area (Å²) in [7, 11) is 0. The van der Waals surface area contributed by atoms with Gasteiger partial charge in [0.1, 0.15) is 0 Å². The van der Waals surface area contributed by atoms with E-state index in [4.69, 9.17) is 5.11 Å². The normalized spacial score (nSPS) is 5.78. The van der Waals surface area contributed by atoms with Crippen LogP contribution in [0.4, 0.5) is 0 Å². The zero-order chi connectivity index (χ0) is 7.70. The van der Waals surface area contributed by atoms with E-state index >= 15 is 0 Å². The summed E-state index contributed by atoms with van der Waals surface area (Å²) < 4.78 is 0. The number of aliphatic carboxylic acids is 1. The Morgan fingerprint density at radius 1 is 1.67 bits per heavy atom. The lowest BCUT2D eigenvalue weighted by atomic mass is 10.4. The van der Waals surface area contributed by atoms with E-state index in [1.165, 1.54) is 6.08 Å². The Morgan fingerprint density at radius 3 is 2.00 bits per heavy atom. The van der Waals surface area contributed by atoms with Crippen LogP contribution in [0.5, 0.6) is 0 Å². The molecule has 0 aliphatic rings. The van der Waals surface area contributed by atoms with Gasteiger partial charge >= 0.3 is 5.97 Å². The maximum Gasteiger partial charge on any atom is 0.307 e. The van der Waals surface area contributed by atoms with E-state index in [1.54, 1.807) is 0 Å². The molecule has 2 heteroatoms. The second kappa shape index (κ2) is 9.88. The summed E-state index contributed by atoms with van der Waals surface area (Å²) in [5.74, 6) is -0.829. The van der Waals surface area contributed by atoms with E-state index in [-0.39, 0.29) is 6.42 Å². The van der Waals surface area contributed by atoms with Gasteiger partial charge in [0, 0.05) is 0 Å². The minimum Gasteiger partial charge on any atom is -0.481 e. The van der Waals surface area contributed by atoms with Crippen LogP contribution in [0.3, 0.4) is 0 Å². The van der Waals surface area contributed by atoms with Crippen molar-refractivity contribution in [3.63, 3.8) is 0 Å². The van der Waals surface area contributed by atoms with Crippen molar-refractivity contribution in [2.75, 3.05) is 0 Å². The Bertz CT molecular complexity index is 119. The Labute approximate surface area is 54.8 Å². The van der Waals surface area contributed by atoms with Crippen LogP contribution in [-0.4, -0.2) is 11.1 Å². The van der Waals surface area contributed by atoms with E-state index in [0.29, 0.717) is 0 Å².